The molecule has 0 bridgehead atoms. The van der Waals surface area contributed by atoms with Crippen LogP contribution < -0.4 is 5.43 Å². The number of halogens is 2. The largest absolute Gasteiger partial charge is 0.319 e. The fourth-order valence-corrected chi connectivity index (χ4v) is 2.73. The summed E-state index contributed by atoms with van der Waals surface area (Å²) in [5, 5.41) is 4.77. The third-order valence-corrected chi connectivity index (χ3v) is 4.36. The second-order valence-electron chi connectivity index (χ2n) is 5.17. The van der Waals surface area contributed by atoms with E-state index in [2.05, 4.69) is 15.5 Å². The van der Waals surface area contributed by atoms with Gasteiger partial charge in [-0.1, -0.05) is 47.5 Å². The number of carbonyl (C=O) groups is 1. The molecule has 0 unspecified atom stereocenters. The van der Waals surface area contributed by atoms with Gasteiger partial charge < -0.3 is 4.57 Å². The number of hydrogen-bond donors (Lipinski definition) is 1. The Hall–Kier alpha value is -2.37. The van der Waals surface area contributed by atoms with Crippen molar-refractivity contribution in [3.63, 3.8) is 0 Å². The number of amides is 1. The average molecular weight is 361 g/mol. The fraction of sp³-hybridized carbons (Fsp3) is 0.118. The fourth-order valence-electron chi connectivity index (χ4n) is 2.37. The number of fused-ring (bicyclic) bond motifs is 1. The zero-order chi connectivity index (χ0) is 17.1. The van der Waals surface area contributed by atoms with Crippen molar-refractivity contribution in [1.82, 2.24) is 15.0 Å². The topological polar surface area (TPSA) is 59.3 Å². The van der Waals surface area contributed by atoms with Crippen molar-refractivity contribution in [3.8, 4) is 0 Å². The Balaban J connectivity index is 1.70. The van der Waals surface area contributed by atoms with Crippen LogP contribution >= 0.6 is 23.2 Å². The van der Waals surface area contributed by atoms with E-state index in [9.17, 15) is 4.79 Å². The van der Waals surface area contributed by atoms with E-state index in [1.54, 1.807) is 18.2 Å². The van der Waals surface area contributed by atoms with E-state index < -0.39 is 0 Å². The Kier molecular flexibility index (Phi) is 4.83. The van der Waals surface area contributed by atoms with Gasteiger partial charge in [0.15, 0.2) is 0 Å². The van der Waals surface area contributed by atoms with E-state index in [0.717, 1.165) is 16.9 Å². The van der Waals surface area contributed by atoms with Crippen molar-refractivity contribution in [2.45, 2.75) is 13.5 Å². The lowest BCUT2D eigenvalue weighted by molar-refractivity contribution is -0.121. The highest BCUT2D eigenvalue weighted by Gasteiger charge is 2.10. The van der Waals surface area contributed by atoms with Gasteiger partial charge in [0.2, 0.25) is 0 Å². The number of nitrogens with one attached hydrogen (secondary N) is 1. The number of aryl methyl sites for hydroxylation is 1. The van der Waals surface area contributed by atoms with Crippen LogP contribution in [0.25, 0.3) is 11.0 Å². The SMILES string of the molecule is Cc1nc2ccccc2n1CC(=O)N/N=C\c1cccc(Cl)c1Cl. The molecule has 0 aliphatic rings. The number of rotatable bonds is 4. The quantitative estimate of drug-likeness (QED) is 0.568. The van der Waals surface area contributed by atoms with Gasteiger partial charge in [0.25, 0.3) is 5.91 Å². The van der Waals surface area contributed by atoms with Gasteiger partial charge in [-0.05, 0) is 25.1 Å². The van der Waals surface area contributed by atoms with Crippen molar-refractivity contribution in [2.24, 2.45) is 5.10 Å². The minimum Gasteiger partial charge on any atom is -0.319 e. The molecule has 5 nitrogen and oxygen atoms in total. The molecule has 0 aliphatic heterocycles. The van der Waals surface area contributed by atoms with Crippen molar-refractivity contribution >= 4 is 46.4 Å². The van der Waals surface area contributed by atoms with Crippen LogP contribution in [-0.2, 0) is 11.3 Å². The Labute approximate surface area is 148 Å². The molecular formula is C17H14Cl2N4O. The number of para-hydroxylation sites is 2. The molecule has 0 atom stereocenters. The normalized spacial score (nSPS) is 11.3. The summed E-state index contributed by atoms with van der Waals surface area (Å²) in [5.41, 5.74) is 4.89. The first-order chi connectivity index (χ1) is 11.6. The van der Waals surface area contributed by atoms with E-state index in [-0.39, 0.29) is 12.5 Å². The predicted octanol–water partition coefficient (Wildman–Crippen LogP) is 3.80. The maximum absolute atomic E-state index is 12.1. The molecule has 122 valence electrons. The zero-order valence-electron chi connectivity index (χ0n) is 12.8. The molecule has 0 spiro atoms. The first-order valence-electron chi connectivity index (χ1n) is 7.24. The number of benzene rings is 2. The van der Waals surface area contributed by atoms with E-state index >= 15 is 0 Å². The van der Waals surface area contributed by atoms with Crippen LogP contribution in [0.5, 0.6) is 0 Å². The van der Waals surface area contributed by atoms with Gasteiger partial charge in [0.05, 0.1) is 27.3 Å². The van der Waals surface area contributed by atoms with Crippen LogP contribution in [-0.4, -0.2) is 21.7 Å². The summed E-state index contributed by atoms with van der Waals surface area (Å²) < 4.78 is 1.84. The highest BCUT2D eigenvalue weighted by atomic mass is 35.5. The minimum absolute atomic E-state index is 0.132. The van der Waals surface area contributed by atoms with Crippen LogP contribution in [0.3, 0.4) is 0 Å². The smallest absolute Gasteiger partial charge is 0.260 e. The molecule has 0 saturated heterocycles. The number of hydrogen-bond acceptors (Lipinski definition) is 3. The molecule has 1 heterocycles. The Bertz CT molecular complexity index is 933. The van der Waals surface area contributed by atoms with Crippen LogP contribution in [0.1, 0.15) is 11.4 Å². The van der Waals surface area contributed by atoms with Crippen LogP contribution in [0.4, 0.5) is 0 Å². The maximum Gasteiger partial charge on any atom is 0.260 e. The van der Waals surface area contributed by atoms with Gasteiger partial charge >= 0.3 is 0 Å². The van der Waals surface area contributed by atoms with Gasteiger partial charge in [-0.25, -0.2) is 10.4 Å². The summed E-state index contributed by atoms with van der Waals surface area (Å²) in [5.74, 6) is 0.517. The molecule has 1 N–H and O–H groups in total. The van der Waals surface area contributed by atoms with E-state index in [1.165, 1.54) is 6.21 Å². The number of carbonyl (C=O) groups excluding carboxylic acids is 1. The molecule has 1 aromatic heterocycles. The lowest BCUT2D eigenvalue weighted by Gasteiger charge is -2.05. The zero-order valence-corrected chi connectivity index (χ0v) is 14.3. The monoisotopic (exact) mass is 360 g/mol. The van der Waals surface area contributed by atoms with Crippen LogP contribution in [0.2, 0.25) is 10.0 Å². The summed E-state index contributed by atoms with van der Waals surface area (Å²) in [7, 11) is 0. The first kappa shape index (κ1) is 16.5. The molecule has 3 aromatic rings. The van der Waals surface area contributed by atoms with E-state index in [0.29, 0.717) is 15.6 Å². The predicted molar refractivity (Wildman–Crippen MR) is 96.7 cm³/mol. The first-order valence-corrected chi connectivity index (χ1v) is 7.99. The lowest BCUT2D eigenvalue weighted by Crippen LogP contribution is -2.23. The highest BCUT2D eigenvalue weighted by Crippen LogP contribution is 2.24. The summed E-state index contributed by atoms with van der Waals surface area (Å²) in [6.45, 7) is 2.00. The van der Waals surface area contributed by atoms with Gasteiger partial charge in [-0.15, -0.1) is 0 Å². The summed E-state index contributed by atoms with van der Waals surface area (Å²) >= 11 is 12.0. The second kappa shape index (κ2) is 7.03. The summed E-state index contributed by atoms with van der Waals surface area (Å²) in [6, 6.07) is 12.9. The van der Waals surface area contributed by atoms with Gasteiger partial charge in [-0.3, -0.25) is 4.79 Å². The minimum atomic E-state index is -0.254. The second-order valence-corrected chi connectivity index (χ2v) is 5.96. The molecule has 24 heavy (non-hydrogen) atoms. The van der Waals surface area contributed by atoms with E-state index in [4.69, 9.17) is 23.2 Å². The lowest BCUT2D eigenvalue weighted by atomic mass is 10.2. The number of imidazole rings is 1. The van der Waals surface area contributed by atoms with E-state index in [1.807, 2.05) is 35.8 Å². The molecule has 7 heteroatoms. The third kappa shape index (κ3) is 3.42. The Morgan fingerprint density at radius 2 is 2.04 bits per heavy atom. The van der Waals surface area contributed by atoms with Crippen molar-refractivity contribution < 1.29 is 4.79 Å². The molecule has 0 fully saturated rings. The highest BCUT2D eigenvalue weighted by molar-refractivity contribution is 6.43. The molecule has 0 aliphatic carbocycles. The van der Waals surface area contributed by atoms with Crippen molar-refractivity contribution in [2.75, 3.05) is 0 Å². The van der Waals surface area contributed by atoms with Crippen LogP contribution in [0, 0.1) is 6.92 Å². The van der Waals surface area contributed by atoms with Crippen molar-refractivity contribution in [3.05, 3.63) is 63.9 Å². The molecule has 2 aromatic carbocycles. The standard InChI is InChI=1S/C17H14Cl2N4O/c1-11-21-14-7-2-3-8-15(14)23(11)10-16(24)22-20-9-12-5-4-6-13(18)17(12)19/h2-9H,10H2,1H3,(H,22,24)/b20-9-. The molecule has 0 saturated carbocycles. The van der Waals surface area contributed by atoms with Crippen LogP contribution in [0.15, 0.2) is 47.6 Å². The molecule has 3 rings (SSSR count). The van der Waals surface area contributed by atoms with Gasteiger partial charge in [0, 0.05) is 5.56 Å². The summed E-state index contributed by atoms with van der Waals surface area (Å²) in [6.07, 6.45) is 1.46. The molecule has 1 amide bonds. The number of hydrazone groups is 1. The number of nitrogens with zero attached hydrogens (tertiary/aromatic N) is 3. The number of aromatic nitrogens is 2. The third-order valence-electron chi connectivity index (χ3n) is 3.52. The Morgan fingerprint density at radius 3 is 2.88 bits per heavy atom. The maximum atomic E-state index is 12.1. The molecule has 0 radical (unpaired) electrons. The van der Waals surface area contributed by atoms with Gasteiger partial charge in [-0.2, -0.15) is 5.10 Å². The Morgan fingerprint density at radius 1 is 1.25 bits per heavy atom. The van der Waals surface area contributed by atoms with Gasteiger partial charge in [0.1, 0.15) is 12.4 Å². The average Bonchev–Trinajstić information content (AvgIpc) is 2.87. The van der Waals surface area contributed by atoms with Crippen molar-refractivity contribution in [1.29, 1.82) is 0 Å². The molecular weight excluding hydrogens is 347 g/mol. The summed E-state index contributed by atoms with van der Waals surface area (Å²) in [4.78, 5) is 16.5.